The SMILES string of the molecule is COc1ccc(/C(O)=C2\C(=O)C(=O)N(c3nc(C)c(C)s3)[C@H]2c2ccccc2OC)cc1. The van der Waals surface area contributed by atoms with Gasteiger partial charge in [-0.05, 0) is 44.2 Å². The van der Waals surface area contributed by atoms with Gasteiger partial charge in [0.1, 0.15) is 23.3 Å². The van der Waals surface area contributed by atoms with Gasteiger partial charge in [0.15, 0.2) is 5.13 Å². The number of anilines is 1. The molecule has 0 aliphatic carbocycles. The molecule has 1 atom stereocenters. The summed E-state index contributed by atoms with van der Waals surface area (Å²) >= 11 is 1.32. The fourth-order valence-electron chi connectivity index (χ4n) is 3.68. The van der Waals surface area contributed by atoms with Crippen LogP contribution >= 0.6 is 11.3 Å². The minimum absolute atomic E-state index is 0.0184. The maximum Gasteiger partial charge on any atom is 0.301 e. The van der Waals surface area contributed by atoms with Crippen LogP contribution in [0.15, 0.2) is 54.1 Å². The normalized spacial score (nSPS) is 17.6. The number of Topliss-reactive ketones (excluding diaryl/α,β-unsaturated/α-hetero) is 1. The average molecular weight is 451 g/mol. The number of hydrogen-bond donors (Lipinski definition) is 1. The predicted octanol–water partition coefficient (Wildman–Crippen LogP) is 4.40. The summed E-state index contributed by atoms with van der Waals surface area (Å²) in [6.45, 7) is 3.75. The Morgan fingerprint density at radius 2 is 1.72 bits per heavy atom. The lowest BCUT2D eigenvalue weighted by atomic mass is 9.94. The Labute approximate surface area is 189 Å². The van der Waals surface area contributed by atoms with Gasteiger partial charge in [0.25, 0.3) is 5.78 Å². The van der Waals surface area contributed by atoms with Gasteiger partial charge in [0, 0.05) is 16.0 Å². The van der Waals surface area contributed by atoms with Crippen LogP contribution in [0.3, 0.4) is 0 Å². The number of aliphatic hydroxyl groups excluding tert-OH is 1. The number of ether oxygens (including phenoxy) is 2. The summed E-state index contributed by atoms with van der Waals surface area (Å²) in [7, 11) is 3.06. The molecule has 32 heavy (non-hydrogen) atoms. The molecule has 8 heteroatoms. The van der Waals surface area contributed by atoms with Crippen LogP contribution in [0, 0.1) is 13.8 Å². The summed E-state index contributed by atoms with van der Waals surface area (Å²) in [5.74, 6) is -0.689. The van der Waals surface area contributed by atoms with Gasteiger partial charge in [-0.3, -0.25) is 14.5 Å². The van der Waals surface area contributed by atoms with Gasteiger partial charge in [0.2, 0.25) is 0 Å². The molecule has 2 aromatic carbocycles. The number of amides is 1. The zero-order valence-corrected chi connectivity index (χ0v) is 18.9. The maximum absolute atomic E-state index is 13.2. The van der Waals surface area contributed by atoms with E-state index in [-0.39, 0.29) is 11.3 Å². The predicted molar refractivity (Wildman–Crippen MR) is 122 cm³/mol. The number of carbonyl (C=O) groups excluding carboxylic acids is 2. The molecule has 1 aromatic heterocycles. The number of para-hydroxylation sites is 1. The van der Waals surface area contributed by atoms with Crippen LogP contribution in [-0.2, 0) is 9.59 Å². The average Bonchev–Trinajstić information content (AvgIpc) is 3.28. The van der Waals surface area contributed by atoms with Crippen LogP contribution in [0.2, 0.25) is 0 Å². The number of aromatic nitrogens is 1. The molecule has 0 bridgehead atoms. The molecule has 1 N–H and O–H groups in total. The summed E-state index contributed by atoms with van der Waals surface area (Å²) in [5.41, 5.74) is 1.74. The van der Waals surface area contributed by atoms with Crippen molar-refractivity contribution in [3.63, 3.8) is 0 Å². The second-order valence-electron chi connectivity index (χ2n) is 7.28. The van der Waals surface area contributed by atoms with Crippen LogP contribution in [0.5, 0.6) is 11.5 Å². The Morgan fingerprint density at radius 1 is 1.03 bits per heavy atom. The fraction of sp³-hybridized carbons (Fsp3) is 0.208. The Hall–Kier alpha value is -3.65. The van der Waals surface area contributed by atoms with E-state index >= 15 is 0 Å². The molecule has 3 aromatic rings. The minimum Gasteiger partial charge on any atom is -0.507 e. The highest BCUT2D eigenvalue weighted by molar-refractivity contribution is 7.16. The molecule has 1 aliphatic heterocycles. The summed E-state index contributed by atoms with van der Waals surface area (Å²) in [4.78, 5) is 33.2. The topological polar surface area (TPSA) is 89.0 Å². The van der Waals surface area contributed by atoms with E-state index in [0.717, 1.165) is 10.6 Å². The monoisotopic (exact) mass is 450 g/mol. The smallest absolute Gasteiger partial charge is 0.301 e. The Morgan fingerprint density at radius 3 is 2.31 bits per heavy atom. The number of thiazole rings is 1. The fourth-order valence-corrected chi connectivity index (χ4v) is 4.62. The van der Waals surface area contributed by atoms with Crippen LogP contribution in [0.25, 0.3) is 5.76 Å². The molecule has 2 heterocycles. The lowest BCUT2D eigenvalue weighted by molar-refractivity contribution is -0.132. The van der Waals surface area contributed by atoms with Gasteiger partial charge in [0.05, 0.1) is 25.5 Å². The van der Waals surface area contributed by atoms with Crippen molar-refractivity contribution >= 4 is 33.9 Å². The quantitative estimate of drug-likeness (QED) is 0.352. The third kappa shape index (κ3) is 3.52. The van der Waals surface area contributed by atoms with E-state index in [1.807, 2.05) is 13.8 Å². The van der Waals surface area contributed by atoms with Crippen molar-refractivity contribution in [2.75, 3.05) is 19.1 Å². The number of benzene rings is 2. The number of carbonyl (C=O) groups is 2. The van der Waals surface area contributed by atoms with Crippen molar-refractivity contribution in [3.8, 4) is 11.5 Å². The van der Waals surface area contributed by atoms with Crippen molar-refractivity contribution in [1.29, 1.82) is 0 Å². The molecule has 0 spiro atoms. The van der Waals surface area contributed by atoms with E-state index in [1.165, 1.54) is 23.3 Å². The van der Waals surface area contributed by atoms with E-state index in [0.29, 0.717) is 27.8 Å². The highest BCUT2D eigenvalue weighted by Crippen LogP contribution is 2.46. The molecule has 164 valence electrons. The first-order chi connectivity index (χ1) is 15.4. The zero-order valence-electron chi connectivity index (χ0n) is 18.1. The molecule has 0 unspecified atom stereocenters. The standard InChI is InChI=1S/C24H22N2O5S/c1-13-14(2)32-24(25-13)26-20(17-7-5-6-8-18(17)31-4)19(22(28)23(26)29)21(27)15-9-11-16(30-3)12-10-15/h5-12,20,27H,1-4H3/b21-19+/t20-/m0/s1. The number of hydrogen-bond acceptors (Lipinski definition) is 7. The second-order valence-corrected chi connectivity index (χ2v) is 8.46. The molecule has 1 amide bonds. The number of aliphatic hydroxyl groups is 1. The molecule has 4 rings (SSSR count). The van der Waals surface area contributed by atoms with Gasteiger partial charge in [-0.2, -0.15) is 0 Å². The van der Waals surface area contributed by atoms with Crippen molar-refractivity contribution in [2.24, 2.45) is 0 Å². The number of ketones is 1. The minimum atomic E-state index is -0.891. The lowest BCUT2D eigenvalue weighted by Gasteiger charge is -2.24. The molecule has 7 nitrogen and oxygen atoms in total. The van der Waals surface area contributed by atoms with Crippen molar-refractivity contribution in [2.45, 2.75) is 19.9 Å². The second kappa shape index (κ2) is 8.47. The van der Waals surface area contributed by atoms with Crippen LogP contribution in [0.4, 0.5) is 5.13 Å². The van der Waals surface area contributed by atoms with E-state index in [4.69, 9.17) is 9.47 Å². The van der Waals surface area contributed by atoms with Gasteiger partial charge >= 0.3 is 5.91 Å². The van der Waals surface area contributed by atoms with Gasteiger partial charge in [-0.25, -0.2) is 4.98 Å². The van der Waals surface area contributed by atoms with Crippen molar-refractivity contribution in [1.82, 2.24) is 4.98 Å². The first kappa shape index (κ1) is 21.6. The molecule has 0 radical (unpaired) electrons. The van der Waals surface area contributed by atoms with Gasteiger partial charge in [-0.15, -0.1) is 11.3 Å². The highest BCUT2D eigenvalue weighted by Gasteiger charge is 2.49. The maximum atomic E-state index is 13.2. The van der Waals surface area contributed by atoms with Gasteiger partial charge in [-0.1, -0.05) is 18.2 Å². The molecular weight excluding hydrogens is 428 g/mol. The number of rotatable bonds is 5. The molecule has 1 fully saturated rings. The zero-order chi connectivity index (χ0) is 23.0. The van der Waals surface area contributed by atoms with Crippen LogP contribution < -0.4 is 14.4 Å². The Balaban J connectivity index is 1.96. The van der Waals surface area contributed by atoms with E-state index < -0.39 is 17.7 Å². The van der Waals surface area contributed by atoms with Crippen LogP contribution in [0.1, 0.15) is 27.7 Å². The third-order valence-corrected chi connectivity index (χ3v) is 6.54. The van der Waals surface area contributed by atoms with E-state index in [1.54, 1.807) is 55.6 Å². The summed E-state index contributed by atoms with van der Waals surface area (Å²) in [5, 5.41) is 11.6. The Kier molecular flexibility index (Phi) is 5.71. The number of methoxy groups -OCH3 is 2. The third-order valence-electron chi connectivity index (χ3n) is 5.46. The number of aryl methyl sites for hydroxylation is 2. The first-order valence-corrected chi connectivity index (χ1v) is 10.7. The molecule has 1 saturated heterocycles. The molecular formula is C24H22N2O5S. The molecule has 1 aliphatic rings. The Bertz CT molecular complexity index is 1210. The van der Waals surface area contributed by atoms with E-state index in [9.17, 15) is 14.7 Å². The lowest BCUT2D eigenvalue weighted by Crippen LogP contribution is -2.29. The van der Waals surface area contributed by atoms with Gasteiger partial charge < -0.3 is 14.6 Å². The molecule has 0 saturated carbocycles. The summed E-state index contributed by atoms with van der Waals surface area (Å²) in [6, 6.07) is 12.9. The van der Waals surface area contributed by atoms with Crippen LogP contribution in [-0.4, -0.2) is 36.0 Å². The summed E-state index contributed by atoms with van der Waals surface area (Å²) < 4.78 is 10.7. The largest absolute Gasteiger partial charge is 0.507 e. The highest BCUT2D eigenvalue weighted by atomic mass is 32.1. The first-order valence-electron chi connectivity index (χ1n) is 9.89. The van der Waals surface area contributed by atoms with E-state index in [2.05, 4.69) is 4.98 Å². The summed E-state index contributed by atoms with van der Waals surface area (Å²) in [6.07, 6.45) is 0. The van der Waals surface area contributed by atoms with Crippen molar-refractivity contribution < 1.29 is 24.2 Å². The van der Waals surface area contributed by atoms with Crippen molar-refractivity contribution in [3.05, 3.63) is 75.8 Å². The number of nitrogens with zero attached hydrogens (tertiary/aromatic N) is 2.